The molecular formula is C10H12ClIN2. The van der Waals surface area contributed by atoms with Crippen molar-refractivity contribution in [1.82, 2.24) is 0 Å². The minimum Gasteiger partial charge on any atom is -0.387 e. The third-order valence-corrected chi connectivity index (χ3v) is 2.74. The minimum atomic E-state index is 0.240. The van der Waals surface area contributed by atoms with Crippen LogP contribution in [0.5, 0.6) is 0 Å². The van der Waals surface area contributed by atoms with Crippen molar-refractivity contribution in [2.45, 2.75) is 13.8 Å². The number of amidine groups is 1. The summed E-state index contributed by atoms with van der Waals surface area (Å²) in [7, 11) is 0. The molecule has 0 aliphatic carbocycles. The molecule has 0 amide bonds. The van der Waals surface area contributed by atoms with Gasteiger partial charge in [-0.05, 0) is 40.8 Å². The van der Waals surface area contributed by atoms with E-state index in [1.165, 1.54) is 0 Å². The van der Waals surface area contributed by atoms with Crippen molar-refractivity contribution in [2.24, 2.45) is 16.6 Å². The van der Waals surface area contributed by atoms with Crippen LogP contribution in [-0.4, -0.2) is 5.84 Å². The molecule has 0 atom stereocenters. The average Bonchev–Trinajstić information content (AvgIpc) is 2.11. The summed E-state index contributed by atoms with van der Waals surface area (Å²) in [5, 5.41) is 0.633. The molecule has 4 heteroatoms. The lowest BCUT2D eigenvalue weighted by molar-refractivity contribution is 0.873. The predicted molar refractivity (Wildman–Crippen MR) is 70.3 cm³/mol. The number of rotatable bonds is 2. The molecule has 2 N–H and O–H groups in total. The van der Waals surface area contributed by atoms with E-state index in [2.05, 4.69) is 27.6 Å². The van der Waals surface area contributed by atoms with Crippen molar-refractivity contribution in [1.29, 1.82) is 0 Å². The van der Waals surface area contributed by atoms with Crippen molar-refractivity contribution in [3.63, 3.8) is 0 Å². The molecule has 0 fully saturated rings. The highest BCUT2D eigenvalue weighted by atomic mass is 127. The zero-order chi connectivity index (χ0) is 10.7. The maximum absolute atomic E-state index is 5.98. The van der Waals surface area contributed by atoms with Gasteiger partial charge in [-0.1, -0.05) is 25.4 Å². The van der Waals surface area contributed by atoms with Gasteiger partial charge in [-0.3, -0.25) is 0 Å². The fraction of sp³-hybridized carbons (Fsp3) is 0.300. The van der Waals surface area contributed by atoms with E-state index in [-0.39, 0.29) is 5.92 Å². The summed E-state index contributed by atoms with van der Waals surface area (Å²) in [6.07, 6.45) is 0. The second-order valence-electron chi connectivity index (χ2n) is 3.29. The molecule has 0 bridgehead atoms. The van der Waals surface area contributed by atoms with Crippen LogP contribution in [0.1, 0.15) is 13.8 Å². The van der Waals surface area contributed by atoms with Crippen LogP contribution in [0.4, 0.5) is 5.69 Å². The molecule has 0 radical (unpaired) electrons. The first-order chi connectivity index (χ1) is 6.50. The number of nitrogens with two attached hydrogens (primary N) is 1. The van der Waals surface area contributed by atoms with E-state index in [9.17, 15) is 0 Å². The topological polar surface area (TPSA) is 38.4 Å². The largest absolute Gasteiger partial charge is 0.387 e. The van der Waals surface area contributed by atoms with Gasteiger partial charge in [0.2, 0.25) is 0 Å². The van der Waals surface area contributed by atoms with E-state index in [0.717, 1.165) is 9.26 Å². The van der Waals surface area contributed by atoms with Crippen molar-refractivity contribution < 1.29 is 0 Å². The first-order valence-corrected chi connectivity index (χ1v) is 5.75. The SMILES string of the molecule is CC(C)C(N)=Nc1cc(I)ccc1Cl. The van der Waals surface area contributed by atoms with Gasteiger partial charge in [0.1, 0.15) is 5.84 Å². The van der Waals surface area contributed by atoms with E-state index < -0.39 is 0 Å². The minimum absolute atomic E-state index is 0.240. The summed E-state index contributed by atoms with van der Waals surface area (Å²) in [4.78, 5) is 4.28. The maximum Gasteiger partial charge on any atom is 0.102 e. The molecule has 0 aliphatic rings. The molecule has 76 valence electrons. The van der Waals surface area contributed by atoms with Crippen LogP contribution in [-0.2, 0) is 0 Å². The monoisotopic (exact) mass is 322 g/mol. The molecule has 0 unspecified atom stereocenters. The zero-order valence-corrected chi connectivity index (χ0v) is 11.0. The van der Waals surface area contributed by atoms with Crippen molar-refractivity contribution in [3.8, 4) is 0 Å². The molecule has 0 saturated carbocycles. The fourth-order valence-electron chi connectivity index (χ4n) is 0.840. The number of hydrogen-bond acceptors (Lipinski definition) is 1. The predicted octanol–water partition coefficient (Wildman–Crippen LogP) is 3.59. The second-order valence-corrected chi connectivity index (χ2v) is 4.94. The van der Waals surface area contributed by atoms with Gasteiger partial charge in [0.15, 0.2) is 0 Å². The Bertz CT molecular complexity index is 361. The third-order valence-electron chi connectivity index (χ3n) is 1.75. The molecule has 0 heterocycles. The average molecular weight is 323 g/mol. The number of halogens is 2. The highest BCUT2D eigenvalue weighted by Crippen LogP contribution is 2.26. The van der Waals surface area contributed by atoms with Crippen LogP contribution in [0.3, 0.4) is 0 Å². The Hall–Kier alpha value is -0.290. The summed E-state index contributed by atoms with van der Waals surface area (Å²) in [6, 6.07) is 5.68. The summed E-state index contributed by atoms with van der Waals surface area (Å²) in [6.45, 7) is 4.00. The quantitative estimate of drug-likeness (QED) is 0.504. The molecule has 0 spiro atoms. The van der Waals surface area contributed by atoms with Gasteiger partial charge in [-0.2, -0.15) is 0 Å². The van der Waals surface area contributed by atoms with Crippen molar-refractivity contribution >= 4 is 45.7 Å². The lowest BCUT2D eigenvalue weighted by atomic mass is 10.2. The number of nitrogens with zero attached hydrogens (tertiary/aromatic N) is 1. The first-order valence-electron chi connectivity index (χ1n) is 4.30. The molecular weight excluding hydrogens is 310 g/mol. The van der Waals surface area contributed by atoms with Crippen molar-refractivity contribution in [2.75, 3.05) is 0 Å². The van der Waals surface area contributed by atoms with Crippen LogP contribution in [0, 0.1) is 9.49 Å². The number of benzene rings is 1. The second kappa shape index (κ2) is 4.98. The summed E-state index contributed by atoms with van der Waals surface area (Å²) in [5.74, 6) is 0.845. The van der Waals surface area contributed by atoms with E-state index >= 15 is 0 Å². The molecule has 1 aromatic carbocycles. The normalized spacial score (nSPS) is 12.2. The lowest BCUT2D eigenvalue weighted by Crippen LogP contribution is -2.18. The smallest absolute Gasteiger partial charge is 0.102 e. The third kappa shape index (κ3) is 3.13. The molecule has 1 rings (SSSR count). The van der Waals surface area contributed by atoms with Gasteiger partial charge < -0.3 is 5.73 Å². The Labute approximate surface area is 103 Å². The molecule has 0 aromatic heterocycles. The Morgan fingerprint density at radius 1 is 1.50 bits per heavy atom. The van der Waals surface area contributed by atoms with Crippen molar-refractivity contribution in [3.05, 3.63) is 26.8 Å². The Balaban J connectivity index is 3.07. The van der Waals surface area contributed by atoms with E-state index in [0.29, 0.717) is 10.9 Å². The van der Waals surface area contributed by atoms with Gasteiger partial charge in [-0.25, -0.2) is 4.99 Å². The molecule has 1 aromatic rings. The van der Waals surface area contributed by atoms with E-state index in [1.54, 1.807) is 0 Å². The summed E-state index contributed by atoms with van der Waals surface area (Å²) in [5.41, 5.74) is 6.50. The highest BCUT2D eigenvalue weighted by Gasteiger charge is 2.03. The van der Waals surface area contributed by atoms with Crippen LogP contribution >= 0.6 is 34.2 Å². The Morgan fingerprint density at radius 2 is 2.14 bits per heavy atom. The molecule has 14 heavy (non-hydrogen) atoms. The fourth-order valence-corrected chi connectivity index (χ4v) is 1.47. The van der Waals surface area contributed by atoms with E-state index in [1.807, 2.05) is 32.0 Å². The van der Waals surface area contributed by atoms with Gasteiger partial charge in [0.05, 0.1) is 10.7 Å². The maximum atomic E-state index is 5.98. The van der Waals surface area contributed by atoms with Crippen LogP contribution in [0.15, 0.2) is 23.2 Å². The van der Waals surface area contributed by atoms with Crippen LogP contribution < -0.4 is 5.73 Å². The lowest BCUT2D eigenvalue weighted by Gasteiger charge is -2.05. The van der Waals surface area contributed by atoms with Crippen LogP contribution in [0.25, 0.3) is 0 Å². The van der Waals surface area contributed by atoms with Gasteiger partial charge in [0.25, 0.3) is 0 Å². The summed E-state index contributed by atoms with van der Waals surface area (Å²) >= 11 is 8.20. The number of aliphatic imine (C=N–C) groups is 1. The first kappa shape index (κ1) is 11.8. The Kier molecular flexibility index (Phi) is 4.19. The summed E-state index contributed by atoms with van der Waals surface area (Å²) < 4.78 is 1.10. The van der Waals surface area contributed by atoms with Gasteiger partial charge >= 0.3 is 0 Å². The Morgan fingerprint density at radius 3 is 2.71 bits per heavy atom. The molecule has 2 nitrogen and oxygen atoms in total. The van der Waals surface area contributed by atoms with Crippen LogP contribution in [0.2, 0.25) is 5.02 Å². The molecule has 0 saturated heterocycles. The van der Waals surface area contributed by atoms with Gasteiger partial charge in [-0.15, -0.1) is 0 Å². The highest BCUT2D eigenvalue weighted by molar-refractivity contribution is 14.1. The standard InChI is InChI=1S/C10H12ClIN2/c1-6(2)10(13)14-9-5-7(12)3-4-8(9)11/h3-6H,1-2H3,(H2,13,14). The molecule has 0 aliphatic heterocycles. The number of hydrogen-bond donors (Lipinski definition) is 1. The zero-order valence-electron chi connectivity index (χ0n) is 8.09. The van der Waals surface area contributed by atoms with E-state index in [4.69, 9.17) is 17.3 Å². The van der Waals surface area contributed by atoms with Gasteiger partial charge in [0, 0.05) is 9.49 Å².